The molecule has 4 aliphatic rings. The molecule has 0 amide bonds. The fourth-order valence-electron chi connectivity index (χ4n) is 12.7. The summed E-state index contributed by atoms with van der Waals surface area (Å²) in [5.41, 5.74) is 23.0. The largest absolute Gasteiger partial charge is 0.324 e. The number of thiophene rings is 1. The Morgan fingerprint density at radius 2 is 0.986 bits per heavy atom. The Kier molecular flexibility index (Phi) is 9.00. The summed E-state index contributed by atoms with van der Waals surface area (Å²) in [6.07, 6.45) is 1.59. The standard InChI is InChI=1S/C67H45N3S/c1-4-17-41(18-5-1)47-34-32-46-39-60-55(51-25-12-15-29-59(51)67(60)57-27-13-10-23-49(57)50-24-11-14-28-58(50)67)40-53(46)54-37-44(31-35-48(47)54)45-33-36-61-56(38-45)63-52(26-16-30-62(63)71-61)66-69-64(42-19-6-2-7-20-42)68-65(70-66)43-21-8-3-9-22-43/h1-31,33,35-40,47,66H,32,34H2,(H,68,69,70). The van der Waals surface area contributed by atoms with E-state index in [2.05, 4.69) is 224 Å². The van der Waals surface area contributed by atoms with Gasteiger partial charge in [0.05, 0.1) is 5.41 Å². The van der Waals surface area contributed by atoms with Crippen LogP contribution in [0.4, 0.5) is 0 Å². The number of aryl methyl sites for hydroxylation is 1. The van der Waals surface area contributed by atoms with E-state index in [1.807, 2.05) is 23.5 Å². The molecule has 0 saturated heterocycles. The van der Waals surface area contributed by atoms with Crippen molar-refractivity contribution in [2.75, 3.05) is 0 Å². The van der Waals surface area contributed by atoms with Gasteiger partial charge in [0.15, 0.2) is 6.17 Å². The number of nitrogens with zero attached hydrogens (tertiary/aromatic N) is 2. The van der Waals surface area contributed by atoms with Gasteiger partial charge in [-0.05, 0) is 127 Å². The fraction of sp³-hybridized carbons (Fsp3) is 0.0746. The monoisotopic (exact) mass is 923 g/mol. The molecular formula is C67H45N3S. The second-order valence-corrected chi connectivity index (χ2v) is 20.5. The Morgan fingerprint density at radius 1 is 0.408 bits per heavy atom. The van der Waals surface area contributed by atoms with Crippen molar-refractivity contribution in [3.63, 3.8) is 0 Å². The number of hydrogen-bond donors (Lipinski definition) is 1. The number of benzene rings is 10. The first-order valence-corrected chi connectivity index (χ1v) is 25.7. The van der Waals surface area contributed by atoms with E-state index in [1.54, 1.807) is 0 Å². The topological polar surface area (TPSA) is 36.8 Å². The molecule has 11 aromatic rings. The summed E-state index contributed by atoms with van der Waals surface area (Å²) in [6.45, 7) is 0. The predicted molar refractivity (Wildman–Crippen MR) is 295 cm³/mol. The van der Waals surface area contributed by atoms with Crippen LogP contribution in [0.25, 0.3) is 64.7 Å². The van der Waals surface area contributed by atoms with Crippen LogP contribution >= 0.6 is 11.3 Å². The molecule has 4 heteroatoms. The predicted octanol–water partition coefficient (Wildman–Crippen LogP) is 16.3. The molecule has 0 fully saturated rings. The molecule has 334 valence electrons. The Labute approximate surface area is 417 Å². The van der Waals surface area contributed by atoms with Crippen molar-refractivity contribution in [1.82, 2.24) is 5.32 Å². The summed E-state index contributed by atoms with van der Waals surface area (Å²) in [5, 5.41) is 6.04. The second kappa shape index (κ2) is 15.8. The van der Waals surface area contributed by atoms with Crippen molar-refractivity contribution in [2.45, 2.75) is 30.3 Å². The minimum atomic E-state index is -0.428. The zero-order valence-corrected chi connectivity index (χ0v) is 39.6. The molecule has 0 radical (unpaired) electrons. The van der Waals surface area contributed by atoms with Crippen LogP contribution in [0.2, 0.25) is 0 Å². The number of nitrogens with one attached hydrogen (secondary N) is 1. The van der Waals surface area contributed by atoms with Crippen molar-refractivity contribution >= 4 is 43.2 Å². The van der Waals surface area contributed by atoms with E-state index in [0.29, 0.717) is 0 Å². The van der Waals surface area contributed by atoms with Gasteiger partial charge in [0.2, 0.25) is 0 Å². The highest BCUT2D eigenvalue weighted by molar-refractivity contribution is 7.25. The minimum absolute atomic E-state index is 0.259. The van der Waals surface area contributed by atoms with Gasteiger partial charge in [-0.15, -0.1) is 11.3 Å². The Hall–Kier alpha value is -8.44. The summed E-state index contributed by atoms with van der Waals surface area (Å²) in [7, 11) is 0. The van der Waals surface area contributed by atoms with E-state index in [-0.39, 0.29) is 11.3 Å². The van der Waals surface area contributed by atoms with Gasteiger partial charge in [0.25, 0.3) is 0 Å². The van der Waals surface area contributed by atoms with E-state index in [1.165, 1.54) is 104 Å². The SMILES string of the molecule is c1ccc(C2=NC(c3cccc4sc5ccc(-c6ccc7c(c6)-c6cc8c(cc6CCC7c6ccccc6)C6(c7ccccc7-c7ccccc76)c6ccccc6-8)cc5c34)N=C(c3ccccc3)N2)cc1. The van der Waals surface area contributed by atoms with Crippen molar-refractivity contribution < 1.29 is 0 Å². The molecule has 0 bridgehead atoms. The third-order valence-corrected chi connectivity index (χ3v) is 17.0. The molecule has 3 aliphatic carbocycles. The number of hydrogen-bond acceptors (Lipinski definition) is 4. The van der Waals surface area contributed by atoms with Gasteiger partial charge < -0.3 is 5.32 Å². The fourth-order valence-corrected chi connectivity index (χ4v) is 13.8. The number of amidine groups is 2. The lowest BCUT2D eigenvalue weighted by atomic mass is 9.70. The summed E-state index contributed by atoms with van der Waals surface area (Å²) >= 11 is 1.84. The van der Waals surface area contributed by atoms with Gasteiger partial charge in [-0.1, -0.05) is 200 Å². The maximum atomic E-state index is 5.33. The second-order valence-electron chi connectivity index (χ2n) is 19.5. The van der Waals surface area contributed by atoms with Gasteiger partial charge in [0.1, 0.15) is 11.7 Å². The lowest BCUT2D eigenvalue weighted by Crippen LogP contribution is -2.36. The highest BCUT2D eigenvalue weighted by atomic mass is 32.1. The van der Waals surface area contributed by atoms with Crippen LogP contribution in [-0.2, 0) is 11.8 Å². The van der Waals surface area contributed by atoms with Gasteiger partial charge in [-0.3, -0.25) is 0 Å². The van der Waals surface area contributed by atoms with Crippen molar-refractivity contribution in [3.05, 3.63) is 286 Å². The summed E-state index contributed by atoms with van der Waals surface area (Å²) in [4.78, 5) is 10.7. The number of rotatable bonds is 5. The molecule has 1 spiro atoms. The Morgan fingerprint density at radius 3 is 1.65 bits per heavy atom. The first-order valence-electron chi connectivity index (χ1n) is 24.8. The lowest BCUT2D eigenvalue weighted by Gasteiger charge is -2.31. The Balaban J connectivity index is 0.914. The van der Waals surface area contributed by atoms with Crippen LogP contribution in [0.5, 0.6) is 0 Å². The van der Waals surface area contributed by atoms with Crippen LogP contribution in [0.1, 0.15) is 74.1 Å². The summed E-state index contributed by atoms with van der Waals surface area (Å²) in [6, 6.07) is 85.7. The molecule has 1 unspecified atom stereocenters. The van der Waals surface area contributed by atoms with E-state index >= 15 is 0 Å². The maximum absolute atomic E-state index is 5.33. The van der Waals surface area contributed by atoms with Gasteiger partial charge in [-0.2, -0.15) is 0 Å². The third kappa shape index (κ3) is 6.08. The van der Waals surface area contributed by atoms with Gasteiger partial charge in [-0.25, -0.2) is 9.98 Å². The third-order valence-electron chi connectivity index (χ3n) is 15.8. The molecule has 2 heterocycles. The molecule has 3 nitrogen and oxygen atoms in total. The van der Waals surface area contributed by atoms with Crippen molar-refractivity contribution in [3.8, 4) is 44.5 Å². The average molecular weight is 924 g/mol. The Bertz CT molecular complexity index is 3930. The molecule has 71 heavy (non-hydrogen) atoms. The van der Waals surface area contributed by atoms with Crippen molar-refractivity contribution in [2.24, 2.45) is 9.98 Å². The highest BCUT2D eigenvalue weighted by Crippen LogP contribution is 2.63. The quantitative estimate of drug-likeness (QED) is 0.183. The molecule has 10 aromatic carbocycles. The van der Waals surface area contributed by atoms with E-state index in [9.17, 15) is 0 Å². The van der Waals surface area contributed by atoms with E-state index in [0.717, 1.165) is 41.2 Å². The number of fused-ring (bicyclic) bond motifs is 16. The summed E-state index contributed by atoms with van der Waals surface area (Å²) in [5.74, 6) is 1.90. The van der Waals surface area contributed by atoms with Crippen LogP contribution < -0.4 is 5.32 Å². The van der Waals surface area contributed by atoms with E-state index in [4.69, 9.17) is 9.98 Å². The molecule has 0 saturated carbocycles. The van der Waals surface area contributed by atoms with Gasteiger partial charge in [0, 0.05) is 42.8 Å². The molecule has 1 N–H and O–H groups in total. The van der Waals surface area contributed by atoms with Gasteiger partial charge >= 0.3 is 0 Å². The number of aliphatic imine (C=N–C) groups is 2. The highest BCUT2D eigenvalue weighted by Gasteiger charge is 2.52. The lowest BCUT2D eigenvalue weighted by molar-refractivity contribution is 0.723. The first-order chi connectivity index (χ1) is 35.2. The van der Waals surface area contributed by atoms with Crippen LogP contribution in [-0.4, -0.2) is 11.7 Å². The molecule has 1 aliphatic heterocycles. The smallest absolute Gasteiger partial charge is 0.170 e. The van der Waals surface area contributed by atoms with Crippen LogP contribution in [0.3, 0.4) is 0 Å². The average Bonchev–Trinajstić information content (AvgIpc) is 4.03. The molecule has 15 rings (SSSR count). The summed E-state index contributed by atoms with van der Waals surface area (Å²) < 4.78 is 2.49. The zero-order valence-electron chi connectivity index (χ0n) is 38.8. The minimum Gasteiger partial charge on any atom is -0.324 e. The van der Waals surface area contributed by atoms with Crippen molar-refractivity contribution in [1.29, 1.82) is 0 Å². The molecular weight excluding hydrogens is 879 g/mol. The zero-order chi connectivity index (χ0) is 46.6. The van der Waals surface area contributed by atoms with E-state index < -0.39 is 6.17 Å². The first kappa shape index (κ1) is 40.4. The maximum Gasteiger partial charge on any atom is 0.170 e. The normalized spacial score (nSPS) is 16.0. The van der Waals surface area contributed by atoms with Crippen LogP contribution in [0, 0.1) is 0 Å². The molecule has 1 aromatic heterocycles. The van der Waals surface area contributed by atoms with Crippen LogP contribution in [0.15, 0.2) is 241 Å². The molecule has 1 atom stereocenters.